The van der Waals surface area contributed by atoms with Crippen molar-refractivity contribution in [1.82, 2.24) is 8.75 Å². The van der Waals surface area contributed by atoms with E-state index in [9.17, 15) is 0 Å². The smallest absolute Gasteiger partial charge is 0.152 e. The number of phenolic OH excluding ortho intramolecular Hbond substituents is 1. The van der Waals surface area contributed by atoms with Crippen molar-refractivity contribution in [2.45, 2.75) is 4.90 Å². The first kappa shape index (κ1) is 14.4. The molecule has 0 fully saturated rings. The highest BCUT2D eigenvalue weighted by Crippen LogP contribution is 2.33. The molecule has 0 amide bonds. The van der Waals surface area contributed by atoms with E-state index in [1.54, 1.807) is 0 Å². The Morgan fingerprint density at radius 1 is 1.00 bits per heavy atom. The van der Waals surface area contributed by atoms with Crippen LogP contribution in [0.5, 0.6) is 5.75 Å². The Labute approximate surface area is 129 Å². The van der Waals surface area contributed by atoms with E-state index in [-0.39, 0.29) is 15.8 Å². The average Bonchev–Trinajstić information content (AvgIpc) is 2.84. The summed E-state index contributed by atoms with van der Waals surface area (Å²) < 4.78 is 8.10. The third-order valence-electron chi connectivity index (χ3n) is 2.16. The van der Waals surface area contributed by atoms with Crippen LogP contribution >= 0.6 is 47.6 Å². The molecular formula is C12H8Cl2N2OS2. The lowest BCUT2D eigenvalue weighted by Crippen LogP contribution is -1.71. The van der Waals surface area contributed by atoms with Crippen LogP contribution in [0.2, 0.25) is 10.0 Å². The van der Waals surface area contributed by atoms with Crippen LogP contribution in [0.4, 0.5) is 0 Å². The Morgan fingerprint density at radius 2 is 1.47 bits per heavy atom. The molecule has 7 heteroatoms. The van der Waals surface area contributed by atoms with E-state index in [0.717, 1.165) is 11.0 Å². The summed E-state index contributed by atoms with van der Waals surface area (Å²) in [5.74, 6) is -0.0962. The molecule has 3 aromatic rings. The SMILES string of the molecule is Oc1c(Cl)cc(S)cc1Cl.c1ccc2nsnc2c1. The first-order valence-corrected chi connectivity index (χ1v) is 7.05. The molecule has 0 atom stereocenters. The van der Waals surface area contributed by atoms with Gasteiger partial charge in [-0.1, -0.05) is 35.3 Å². The van der Waals surface area contributed by atoms with Gasteiger partial charge in [0.1, 0.15) is 11.0 Å². The summed E-state index contributed by atoms with van der Waals surface area (Å²) in [6, 6.07) is 10.9. The zero-order valence-corrected chi connectivity index (χ0v) is 12.6. The molecule has 0 spiro atoms. The van der Waals surface area contributed by atoms with E-state index in [1.807, 2.05) is 24.3 Å². The van der Waals surface area contributed by atoms with Crippen molar-refractivity contribution in [1.29, 1.82) is 0 Å². The third kappa shape index (κ3) is 3.73. The third-order valence-corrected chi connectivity index (χ3v) is 3.55. The van der Waals surface area contributed by atoms with Crippen LogP contribution in [0.15, 0.2) is 41.3 Å². The number of phenols is 1. The Kier molecular flexibility index (Phi) is 4.87. The van der Waals surface area contributed by atoms with E-state index in [4.69, 9.17) is 28.3 Å². The molecule has 2 aromatic carbocycles. The van der Waals surface area contributed by atoms with Gasteiger partial charge >= 0.3 is 0 Å². The number of rotatable bonds is 0. The molecule has 0 aliphatic heterocycles. The van der Waals surface area contributed by atoms with Gasteiger partial charge in [0, 0.05) is 4.90 Å². The van der Waals surface area contributed by atoms with Crippen LogP contribution < -0.4 is 0 Å². The normalized spacial score (nSPS) is 10.1. The maximum Gasteiger partial charge on any atom is 0.152 e. The summed E-state index contributed by atoms with van der Waals surface area (Å²) in [7, 11) is 0. The number of hydrogen-bond donors (Lipinski definition) is 2. The fraction of sp³-hybridized carbons (Fsp3) is 0. The van der Waals surface area contributed by atoms with Gasteiger partial charge in [-0.05, 0) is 24.3 Å². The molecule has 1 N–H and O–H groups in total. The van der Waals surface area contributed by atoms with E-state index in [2.05, 4.69) is 21.4 Å². The van der Waals surface area contributed by atoms with Gasteiger partial charge in [0.05, 0.1) is 21.8 Å². The summed E-state index contributed by atoms with van der Waals surface area (Å²) in [5, 5.41) is 9.47. The Morgan fingerprint density at radius 3 is 1.95 bits per heavy atom. The van der Waals surface area contributed by atoms with Gasteiger partial charge in [0.15, 0.2) is 5.75 Å². The van der Waals surface area contributed by atoms with Crippen molar-refractivity contribution in [3.63, 3.8) is 0 Å². The second kappa shape index (κ2) is 6.43. The number of fused-ring (bicyclic) bond motifs is 1. The number of nitrogens with zero attached hydrogens (tertiary/aromatic N) is 2. The molecule has 0 bridgehead atoms. The van der Waals surface area contributed by atoms with E-state index in [1.165, 1.54) is 23.9 Å². The molecule has 1 aromatic heterocycles. The van der Waals surface area contributed by atoms with Crippen LogP contribution in [-0.2, 0) is 0 Å². The second-order valence-electron chi connectivity index (χ2n) is 3.51. The summed E-state index contributed by atoms with van der Waals surface area (Å²) >= 11 is 16.3. The van der Waals surface area contributed by atoms with Gasteiger partial charge in [0.25, 0.3) is 0 Å². The molecule has 0 saturated carbocycles. The molecule has 0 aliphatic carbocycles. The van der Waals surface area contributed by atoms with Crippen LogP contribution in [-0.4, -0.2) is 13.9 Å². The highest BCUT2D eigenvalue weighted by atomic mass is 35.5. The van der Waals surface area contributed by atoms with Crippen molar-refractivity contribution in [2.24, 2.45) is 0 Å². The highest BCUT2D eigenvalue weighted by molar-refractivity contribution is 7.80. The van der Waals surface area contributed by atoms with Crippen molar-refractivity contribution in [3.8, 4) is 5.75 Å². The number of aromatic nitrogens is 2. The quantitative estimate of drug-likeness (QED) is 0.588. The number of thiol groups is 1. The number of aromatic hydroxyl groups is 1. The van der Waals surface area contributed by atoms with Crippen molar-refractivity contribution < 1.29 is 5.11 Å². The van der Waals surface area contributed by atoms with Crippen molar-refractivity contribution in [2.75, 3.05) is 0 Å². The maximum absolute atomic E-state index is 9.03. The lowest BCUT2D eigenvalue weighted by atomic mass is 10.3. The molecule has 3 rings (SSSR count). The fourth-order valence-corrected chi connectivity index (χ4v) is 2.70. The summed E-state index contributed by atoms with van der Waals surface area (Å²) in [6.45, 7) is 0. The van der Waals surface area contributed by atoms with Crippen LogP contribution in [0.1, 0.15) is 0 Å². The van der Waals surface area contributed by atoms with E-state index in [0.29, 0.717) is 4.90 Å². The van der Waals surface area contributed by atoms with Gasteiger partial charge in [0.2, 0.25) is 0 Å². The van der Waals surface area contributed by atoms with Crippen molar-refractivity contribution in [3.05, 3.63) is 46.4 Å². The summed E-state index contributed by atoms with van der Waals surface area (Å²) in [6.07, 6.45) is 0. The predicted octanol–water partition coefficient (Wildman–Crippen LogP) is 4.68. The Hall–Kier alpha value is -1.01. The first-order chi connectivity index (χ1) is 9.08. The maximum atomic E-state index is 9.03. The minimum atomic E-state index is -0.0962. The standard InChI is InChI=1S/C6H4Cl2OS.C6H4N2S/c7-4-1-3(10)2-5(8)6(4)9;1-2-4-6-5(3-1)7-9-8-6/h1-2,9-10H;1-4H. The van der Waals surface area contributed by atoms with E-state index < -0.39 is 0 Å². The van der Waals surface area contributed by atoms with Crippen LogP contribution in [0.25, 0.3) is 11.0 Å². The molecular weight excluding hydrogens is 323 g/mol. The number of benzene rings is 2. The Bertz CT molecular complexity index is 650. The summed E-state index contributed by atoms with van der Waals surface area (Å²) in [4.78, 5) is 0.632. The monoisotopic (exact) mass is 330 g/mol. The lowest BCUT2D eigenvalue weighted by Gasteiger charge is -1.99. The number of halogens is 2. The first-order valence-electron chi connectivity index (χ1n) is 5.12. The molecule has 0 radical (unpaired) electrons. The number of hydrogen-bond acceptors (Lipinski definition) is 5. The van der Waals surface area contributed by atoms with E-state index >= 15 is 0 Å². The molecule has 1 heterocycles. The molecule has 98 valence electrons. The minimum Gasteiger partial charge on any atom is -0.505 e. The topological polar surface area (TPSA) is 46.0 Å². The Balaban J connectivity index is 0.000000141. The minimum absolute atomic E-state index is 0.0962. The molecule has 0 saturated heterocycles. The van der Waals surface area contributed by atoms with Crippen molar-refractivity contribution >= 4 is 58.6 Å². The van der Waals surface area contributed by atoms with Gasteiger partial charge in [-0.25, -0.2) is 0 Å². The predicted molar refractivity (Wildman–Crippen MR) is 82.8 cm³/mol. The van der Waals surface area contributed by atoms with Crippen LogP contribution in [0.3, 0.4) is 0 Å². The molecule has 0 unspecified atom stereocenters. The molecule has 3 nitrogen and oxygen atoms in total. The molecule has 0 aliphatic rings. The highest BCUT2D eigenvalue weighted by Gasteiger charge is 2.03. The van der Waals surface area contributed by atoms with Gasteiger partial charge < -0.3 is 5.11 Å². The summed E-state index contributed by atoms with van der Waals surface area (Å²) in [5.41, 5.74) is 1.98. The average molecular weight is 331 g/mol. The molecule has 19 heavy (non-hydrogen) atoms. The van der Waals surface area contributed by atoms with Gasteiger partial charge in [-0.15, -0.1) is 12.6 Å². The zero-order valence-electron chi connectivity index (χ0n) is 9.42. The lowest BCUT2D eigenvalue weighted by molar-refractivity contribution is 0.475. The van der Waals surface area contributed by atoms with Gasteiger partial charge in [-0.3, -0.25) is 0 Å². The fourth-order valence-electron chi connectivity index (χ4n) is 1.28. The zero-order chi connectivity index (χ0) is 13.8. The van der Waals surface area contributed by atoms with Crippen LogP contribution in [0, 0.1) is 0 Å². The van der Waals surface area contributed by atoms with Gasteiger partial charge in [-0.2, -0.15) is 8.75 Å². The second-order valence-corrected chi connectivity index (χ2v) is 5.37. The largest absolute Gasteiger partial charge is 0.505 e.